The van der Waals surface area contributed by atoms with Crippen LogP contribution in [0.1, 0.15) is 17.1 Å². The van der Waals surface area contributed by atoms with Crippen LogP contribution in [0.15, 0.2) is 33.6 Å². The van der Waals surface area contributed by atoms with E-state index in [-0.39, 0.29) is 24.5 Å². The van der Waals surface area contributed by atoms with Crippen LogP contribution in [0, 0.1) is 6.92 Å². The predicted octanol–water partition coefficient (Wildman–Crippen LogP) is 4.21. The Labute approximate surface area is 152 Å². The van der Waals surface area contributed by atoms with Crippen LogP contribution in [-0.2, 0) is 11.3 Å². The summed E-state index contributed by atoms with van der Waals surface area (Å²) in [6, 6.07) is 6.85. The van der Waals surface area contributed by atoms with E-state index in [0.717, 1.165) is 22.4 Å². The Hall–Kier alpha value is -2.38. The van der Waals surface area contributed by atoms with Gasteiger partial charge < -0.3 is 13.9 Å². The number of benzene rings is 1. The van der Waals surface area contributed by atoms with Gasteiger partial charge in [0.05, 0.1) is 11.4 Å². The van der Waals surface area contributed by atoms with E-state index in [4.69, 9.17) is 25.5 Å². The molecule has 6 nitrogen and oxygen atoms in total. The van der Waals surface area contributed by atoms with Crippen LogP contribution in [0.2, 0.25) is 5.02 Å². The van der Waals surface area contributed by atoms with Crippen LogP contribution in [0.4, 0.5) is 4.79 Å². The Morgan fingerprint density at radius 3 is 2.72 bits per heavy atom. The highest BCUT2D eigenvalue weighted by atomic mass is 35.5. The lowest BCUT2D eigenvalue weighted by molar-refractivity contribution is -0.123. The summed E-state index contributed by atoms with van der Waals surface area (Å²) < 4.78 is 16.0. The smallest absolute Gasteiger partial charge is 0.293 e. The Morgan fingerprint density at radius 2 is 2.00 bits per heavy atom. The van der Waals surface area contributed by atoms with Crippen molar-refractivity contribution < 1.29 is 23.5 Å². The topological polar surface area (TPSA) is 69.0 Å². The van der Waals surface area contributed by atoms with E-state index in [2.05, 4.69) is 0 Å². The minimum absolute atomic E-state index is 0.0641. The molecule has 0 aliphatic carbocycles. The molecule has 0 unspecified atom stereocenters. The van der Waals surface area contributed by atoms with Gasteiger partial charge in [0.2, 0.25) is 6.79 Å². The Bertz CT molecular complexity index is 920. The van der Waals surface area contributed by atoms with Crippen LogP contribution in [0.3, 0.4) is 0 Å². The number of carbonyl (C=O) groups is 2. The molecule has 2 amide bonds. The molecule has 1 aromatic carbocycles. The Kier molecular flexibility index (Phi) is 3.97. The quantitative estimate of drug-likeness (QED) is 0.746. The molecule has 1 aromatic heterocycles. The Morgan fingerprint density at radius 1 is 1.24 bits per heavy atom. The highest BCUT2D eigenvalue weighted by Crippen LogP contribution is 2.39. The van der Waals surface area contributed by atoms with Gasteiger partial charge in [0.25, 0.3) is 11.1 Å². The maximum Gasteiger partial charge on any atom is 0.293 e. The largest absolute Gasteiger partial charge is 0.462 e. The van der Waals surface area contributed by atoms with E-state index in [1.807, 2.05) is 6.92 Å². The first-order chi connectivity index (χ1) is 12.0. The predicted molar refractivity (Wildman–Crippen MR) is 92.5 cm³/mol. The van der Waals surface area contributed by atoms with E-state index in [9.17, 15) is 9.59 Å². The van der Waals surface area contributed by atoms with Crippen LogP contribution in [-0.4, -0.2) is 22.8 Å². The second kappa shape index (κ2) is 6.16. The van der Waals surface area contributed by atoms with E-state index in [1.165, 1.54) is 0 Å². The molecular weight excluding hydrogens is 366 g/mol. The molecule has 1 saturated heterocycles. The Balaban J connectivity index is 1.58. The fourth-order valence-corrected chi connectivity index (χ4v) is 3.58. The molecule has 0 saturated carbocycles. The van der Waals surface area contributed by atoms with Crippen LogP contribution in [0.5, 0.6) is 11.5 Å². The zero-order valence-electron chi connectivity index (χ0n) is 13.1. The minimum atomic E-state index is -0.377. The van der Waals surface area contributed by atoms with Gasteiger partial charge in [-0.2, -0.15) is 0 Å². The van der Waals surface area contributed by atoms with Crippen molar-refractivity contribution in [2.24, 2.45) is 0 Å². The van der Waals surface area contributed by atoms with Crippen LogP contribution in [0.25, 0.3) is 6.08 Å². The molecule has 0 bridgehead atoms. The number of furan rings is 1. The molecule has 128 valence electrons. The molecule has 0 spiro atoms. The number of hydrogen-bond donors (Lipinski definition) is 0. The average molecular weight is 378 g/mol. The van der Waals surface area contributed by atoms with E-state index in [1.54, 1.807) is 30.3 Å². The lowest BCUT2D eigenvalue weighted by Gasteiger charge is -2.14. The summed E-state index contributed by atoms with van der Waals surface area (Å²) in [5.74, 6) is 1.99. The minimum Gasteiger partial charge on any atom is -0.462 e. The number of carbonyl (C=O) groups excluding carboxylic acids is 2. The molecule has 0 N–H and O–H groups in total. The summed E-state index contributed by atoms with van der Waals surface area (Å²) in [6.07, 6.45) is 1.57. The fourth-order valence-electron chi connectivity index (χ4n) is 2.55. The van der Waals surface area contributed by atoms with Crippen molar-refractivity contribution in [2.75, 3.05) is 6.79 Å². The summed E-state index contributed by atoms with van der Waals surface area (Å²) in [5.41, 5.74) is 0.614. The summed E-state index contributed by atoms with van der Waals surface area (Å²) in [7, 11) is 0. The first-order valence-corrected chi connectivity index (χ1v) is 8.60. The number of aryl methyl sites for hydroxylation is 1. The SMILES string of the molecule is Cc1ccc(/C=C2\SC(=O)N(Cc3cc4c(cc3Cl)OCO4)C2=O)o1. The number of hydrogen-bond acceptors (Lipinski definition) is 6. The lowest BCUT2D eigenvalue weighted by atomic mass is 10.2. The van der Waals surface area contributed by atoms with Gasteiger partial charge in [-0.25, -0.2) is 0 Å². The number of thioether (sulfide) groups is 1. The first kappa shape index (κ1) is 16.1. The summed E-state index contributed by atoms with van der Waals surface area (Å²) in [4.78, 5) is 26.3. The van der Waals surface area contributed by atoms with Gasteiger partial charge in [-0.1, -0.05) is 11.6 Å². The second-order valence-corrected chi connectivity index (χ2v) is 6.91. The van der Waals surface area contributed by atoms with Crippen molar-refractivity contribution in [3.8, 4) is 11.5 Å². The van der Waals surface area contributed by atoms with Gasteiger partial charge in [0.1, 0.15) is 11.5 Å². The maximum absolute atomic E-state index is 12.6. The van der Waals surface area contributed by atoms with Gasteiger partial charge in [0, 0.05) is 17.2 Å². The second-order valence-electron chi connectivity index (χ2n) is 5.51. The van der Waals surface area contributed by atoms with Gasteiger partial charge in [-0.15, -0.1) is 0 Å². The van der Waals surface area contributed by atoms with Gasteiger partial charge in [0.15, 0.2) is 11.5 Å². The molecule has 1 fully saturated rings. The monoisotopic (exact) mass is 377 g/mol. The number of amides is 2. The van der Waals surface area contributed by atoms with Crippen molar-refractivity contribution in [1.29, 1.82) is 0 Å². The molecule has 0 radical (unpaired) electrons. The van der Waals surface area contributed by atoms with E-state index in [0.29, 0.717) is 32.8 Å². The number of ether oxygens (including phenoxy) is 2. The van der Waals surface area contributed by atoms with Crippen LogP contribution < -0.4 is 9.47 Å². The van der Waals surface area contributed by atoms with Crippen molar-refractivity contribution in [1.82, 2.24) is 4.90 Å². The number of nitrogens with zero attached hydrogens (tertiary/aromatic N) is 1. The molecule has 2 aliphatic heterocycles. The summed E-state index contributed by atoms with van der Waals surface area (Å²) in [5, 5.41) is 0.0576. The van der Waals surface area contributed by atoms with Gasteiger partial charge in [-0.05, 0) is 42.4 Å². The average Bonchev–Trinajstić information content (AvgIpc) is 3.24. The lowest BCUT2D eigenvalue weighted by Crippen LogP contribution is -2.27. The third-order valence-corrected chi connectivity index (χ3v) is 5.04. The summed E-state index contributed by atoms with van der Waals surface area (Å²) in [6.45, 7) is 2.00. The first-order valence-electron chi connectivity index (χ1n) is 7.41. The third-order valence-electron chi connectivity index (χ3n) is 3.78. The van der Waals surface area contributed by atoms with Crippen molar-refractivity contribution >= 4 is 40.6 Å². The number of imide groups is 1. The molecular formula is C17H12ClNO5S. The van der Waals surface area contributed by atoms with Gasteiger partial charge in [-0.3, -0.25) is 14.5 Å². The normalized spacial score (nSPS) is 17.8. The fraction of sp³-hybridized carbons (Fsp3) is 0.176. The molecule has 8 heteroatoms. The van der Waals surface area contributed by atoms with Crippen molar-refractivity contribution in [3.63, 3.8) is 0 Å². The highest BCUT2D eigenvalue weighted by molar-refractivity contribution is 8.18. The number of rotatable bonds is 3. The van der Waals surface area contributed by atoms with Crippen molar-refractivity contribution in [3.05, 3.63) is 51.3 Å². The zero-order chi connectivity index (χ0) is 17.6. The zero-order valence-corrected chi connectivity index (χ0v) is 14.6. The van der Waals surface area contributed by atoms with Gasteiger partial charge >= 0.3 is 0 Å². The van der Waals surface area contributed by atoms with E-state index >= 15 is 0 Å². The maximum atomic E-state index is 12.6. The summed E-state index contributed by atoms with van der Waals surface area (Å²) >= 11 is 7.11. The van der Waals surface area contributed by atoms with Crippen LogP contribution >= 0.6 is 23.4 Å². The van der Waals surface area contributed by atoms with E-state index < -0.39 is 0 Å². The molecule has 4 rings (SSSR count). The molecule has 2 aromatic rings. The molecule has 2 aliphatic rings. The highest BCUT2D eigenvalue weighted by Gasteiger charge is 2.36. The number of fused-ring (bicyclic) bond motifs is 1. The number of halogens is 1. The molecule has 3 heterocycles. The van der Waals surface area contributed by atoms with Crippen molar-refractivity contribution in [2.45, 2.75) is 13.5 Å². The standard InChI is InChI=1S/C17H12ClNO5S/c1-9-2-3-11(24-9)5-15-16(20)19(17(21)25-15)7-10-4-13-14(6-12(10)18)23-8-22-13/h2-6H,7-8H2,1H3/b15-5-. The molecule has 0 atom stereocenters. The molecule has 25 heavy (non-hydrogen) atoms. The third kappa shape index (κ3) is 3.01.